The van der Waals surface area contributed by atoms with Gasteiger partial charge in [-0.15, -0.1) is 0 Å². The van der Waals surface area contributed by atoms with Crippen LogP contribution in [0.15, 0.2) is 48.0 Å². The summed E-state index contributed by atoms with van der Waals surface area (Å²) in [4.78, 5) is 29.3. The highest BCUT2D eigenvalue weighted by Gasteiger charge is 2.34. The van der Waals surface area contributed by atoms with E-state index in [1.165, 1.54) is 23.4 Å². The van der Waals surface area contributed by atoms with Gasteiger partial charge in [-0.25, -0.2) is 0 Å². The summed E-state index contributed by atoms with van der Waals surface area (Å²) in [5.74, 6) is -0.967. The maximum atomic E-state index is 13.1. The molecule has 4 rings (SSSR count). The number of aryl methyl sites for hydroxylation is 1. The van der Waals surface area contributed by atoms with Crippen LogP contribution in [-0.2, 0) is 9.59 Å². The van der Waals surface area contributed by atoms with Crippen molar-refractivity contribution < 1.29 is 9.59 Å². The summed E-state index contributed by atoms with van der Waals surface area (Å²) in [6, 6.07) is 12.9. The smallest absolute Gasteiger partial charge is 0.270 e. The number of carbonyl (C=O) groups is 2. The summed E-state index contributed by atoms with van der Waals surface area (Å²) in [7, 11) is 0. The van der Waals surface area contributed by atoms with Crippen LogP contribution in [0.4, 0.5) is 11.4 Å². The highest BCUT2D eigenvalue weighted by Crippen LogP contribution is 2.27. The van der Waals surface area contributed by atoms with Crippen LogP contribution in [-0.4, -0.2) is 30.0 Å². The number of thiocarbonyl (C=S) groups is 1. The van der Waals surface area contributed by atoms with Crippen molar-refractivity contribution in [1.29, 1.82) is 0 Å². The molecular formula is C22H20ClN3O2S. The van der Waals surface area contributed by atoms with Crippen molar-refractivity contribution in [3.05, 3.63) is 64.2 Å². The Hall–Kier alpha value is -2.70. The van der Waals surface area contributed by atoms with Crippen LogP contribution in [0.2, 0.25) is 5.02 Å². The first-order chi connectivity index (χ1) is 13.9. The molecule has 0 saturated carbocycles. The van der Waals surface area contributed by atoms with E-state index in [9.17, 15) is 9.59 Å². The lowest BCUT2D eigenvalue weighted by molar-refractivity contribution is -0.122. The van der Waals surface area contributed by atoms with Crippen molar-refractivity contribution in [3.8, 4) is 0 Å². The maximum absolute atomic E-state index is 13.1. The minimum Gasteiger partial charge on any atom is -0.372 e. The highest BCUT2D eigenvalue weighted by molar-refractivity contribution is 7.80. The van der Waals surface area contributed by atoms with E-state index < -0.39 is 11.8 Å². The Morgan fingerprint density at radius 1 is 1.07 bits per heavy atom. The van der Waals surface area contributed by atoms with Gasteiger partial charge in [-0.05, 0) is 79.5 Å². The SMILES string of the molecule is Cc1cc(N2CCCC2)ccc1/C=C1\C(=O)NC(=S)N(c2cccc(Cl)c2)C1=O. The molecule has 0 unspecified atom stereocenters. The molecule has 2 fully saturated rings. The molecule has 2 aliphatic heterocycles. The standard InChI is InChI=1S/C22H20ClN3O2S/c1-14-11-17(25-9-2-3-10-25)8-7-15(14)12-19-20(27)24-22(29)26(21(19)28)18-6-4-5-16(23)13-18/h4-8,11-13H,2-3,9-10H2,1H3,(H,24,27,29)/b19-12+. The second-order valence-electron chi connectivity index (χ2n) is 7.17. The molecule has 0 aliphatic carbocycles. The van der Waals surface area contributed by atoms with Gasteiger partial charge in [-0.1, -0.05) is 23.7 Å². The quantitative estimate of drug-likeness (QED) is 0.457. The number of benzene rings is 2. The van der Waals surface area contributed by atoms with Crippen molar-refractivity contribution in [2.75, 3.05) is 22.9 Å². The Balaban J connectivity index is 1.67. The Morgan fingerprint density at radius 3 is 2.52 bits per heavy atom. The Morgan fingerprint density at radius 2 is 1.83 bits per heavy atom. The van der Waals surface area contributed by atoms with E-state index in [-0.39, 0.29) is 10.7 Å². The molecule has 1 N–H and O–H groups in total. The first-order valence-corrected chi connectivity index (χ1v) is 10.3. The number of carbonyl (C=O) groups excluding carboxylic acids is 2. The van der Waals surface area contributed by atoms with Gasteiger partial charge in [0.15, 0.2) is 5.11 Å². The highest BCUT2D eigenvalue weighted by atomic mass is 35.5. The normalized spacial score (nSPS) is 18.6. The molecule has 0 bridgehead atoms. The summed E-state index contributed by atoms with van der Waals surface area (Å²) in [5.41, 5.74) is 3.55. The first kappa shape index (κ1) is 19.6. The first-order valence-electron chi connectivity index (χ1n) is 9.46. The molecule has 2 aliphatic rings. The van der Waals surface area contributed by atoms with Crippen molar-refractivity contribution >= 4 is 58.2 Å². The van der Waals surface area contributed by atoms with Gasteiger partial charge in [-0.3, -0.25) is 19.8 Å². The molecule has 0 spiro atoms. The largest absolute Gasteiger partial charge is 0.372 e. The topological polar surface area (TPSA) is 52.7 Å². The molecule has 2 aromatic carbocycles. The Bertz CT molecular complexity index is 1040. The third-order valence-electron chi connectivity index (χ3n) is 5.19. The van der Waals surface area contributed by atoms with Crippen molar-refractivity contribution in [2.45, 2.75) is 19.8 Å². The van der Waals surface area contributed by atoms with Crippen LogP contribution in [0.1, 0.15) is 24.0 Å². The van der Waals surface area contributed by atoms with Crippen LogP contribution in [0.5, 0.6) is 0 Å². The van der Waals surface area contributed by atoms with Gasteiger partial charge < -0.3 is 4.90 Å². The summed E-state index contributed by atoms with van der Waals surface area (Å²) >= 11 is 11.3. The van der Waals surface area contributed by atoms with Gasteiger partial charge in [0, 0.05) is 23.8 Å². The number of amides is 2. The summed E-state index contributed by atoms with van der Waals surface area (Å²) in [6.07, 6.45) is 4.04. The van der Waals surface area contributed by atoms with Crippen LogP contribution >= 0.6 is 23.8 Å². The Kier molecular flexibility index (Phi) is 5.39. The summed E-state index contributed by atoms with van der Waals surface area (Å²) in [5, 5.41) is 3.12. The number of hydrogen-bond donors (Lipinski definition) is 1. The number of anilines is 2. The van der Waals surface area contributed by atoms with E-state index >= 15 is 0 Å². The molecule has 0 radical (unpaired) electrons. The van der Waals surface area contributed by atoms with Gasteiger partial charge in [0.1, 0.15) is 5.57 Å². The fourth-order valence-electron chi connectivity index (χ4n) is 3.66. The predicted molar refractivity (Wildman–Crippen MR) is 120 cm³/mol. The van der Waals surface area contributed by atoms with E-state index in [0.29, 0.717) is 10.7 Å². The molecule has 5 nitrogen and oxygen atoms in total. The third-order valence-corrected chi connectivity index (χ3v) is 5.71. The van der Waals surface area contributed by atoms with Gasteiger partial charge in [0.05, 0.1) is 5.69 Å². The van der Waals surface area contributed by atoms with Crippen LogP contribution in [0.25, 0.3) is 6.08 Å². The molecule has 148 valence electrons. The van der Waals surface area contributed by atoms with E-state index in [1.54, 1.807) is 30.3 Å². The second kappa shape index (κ2) is 7.97. The zero-order chi connectivity index (χ0) is 20.5. The summed E-state index contributed by atoms with van der Waals surface area (Å²) in [6.45, 7) is 4.11. The number of halogens is 1. The lowest BCUT2D eigenvalue weighted by Crippen LogP contribution is -2.54. The molecule has 2 aromatic rings. The predicted octanol–water partition coefficient (Wildman–Crippen LogP) is 4.08. The zero-order valence-electron chi connectivity index (χ0n) is 15.9. The van der Waals surface area contributed by atoms with Crippen LogP contribution < -0.4 is 15.1 Å². The minimum atomic E-state index is -0.499. The second-order valence-corrected chi connectivity index (χ2v) is 8.00. The average Bonchev–Trinajstić information content (AvgIpc) is 3.21. The van der Waals surface area contributed by atoms with Crippen LogP contribution in [0, 0.1) is 6.92 Å². The zero-order valence-corrected chi connectivity index (χ0v) is 17.5. The monoisotopic (exact) mass is 425 g/mol. The molecule has 2 amide bonds. The fourth-order valence-corrected chi connectivity index (χ4v) is 4.12. The van der Waals surface area contributed by atoms with Crippen molar-refractivity contribution in [2.24, 2.45) is 0 Å². The molecule has 2 saturated heterocycles. The molecule has 7 heteroatoms. The van der Waals surface area contributed by atoms with Crippen molar-refractivity contribution in [3.63, 3.8) is 0 Å². The molecule has 29 heavy (non-hydrogen) atoms. The fraction of sp³-hybridized carbons (Fsp3) is 0.227. The van der Waals surface area contributed by atoms with Crippen molar-refractivity contribution in [1.82, 2.24) is 5.32 Å². The van der Waals surface area contributed by atoms with Gasteiger partial charge in [-0.2, -0.15) is 0 Å². The lowest BCUT2D eigenvalue weighted by Gasteiger charge is -2.29. The van der Waals surface area contributed by atoms with E-state index in [4.69, 9.17) is 23.8 Å². The van der Waals surface area contributed by atoms with E-state index in [0.717, 1.165) is 24.2 Å². The minimum absolute atomic E-state index is 0.0376. The van der Waals surface area contributed by atoms with Gasteiger partial charge in [0.2, 0.25) is 0 Å². The number of nitrogens with one attached hydrogen (secondary N) is 1. The third kappa shape index (κ3) is 3.91. The van der Waals surface area contributed by atoms with Gasteiger partial charge >= 0.3 is 0 Å². The van der Waals surface area contributed by atoms with Crippen LogP contribution in [0.3, 0.4) is 0 Å². The lowest BCUT2D eigenvalue weighted by atomic mass is 10.0. The Labute approximate surface area is 179 Å². The molecule has 0 aromatic heterocycles. The van der Waals surface area contributed by atoms with E-state index in [2.05, 4.69) is 16.3 Å². The maximum Gasteiger partial charge on any atom is 0.270 e. The average molecular weight is 426 g/mol. The number of rotatable bonds is 3. The molecule has 0 atom stereocenters. The summed E-state index contributed by atoms with van der Waals surface area (Å²) < 4.78 is 0. The number of hydrogen-bond acceptors (Lipinski definition) is 4. The van der Waals surface area contributed by atoms with E-state index in [1.807, 2.05) is 19.1 Å². The number of nitrogens with zero attached hydrogens (tertiary/aromatic N) is 2. The molecule has 2 heterocycles. The molecular weight excluding hydrogens is 406 g/mol. The van der Waals surface area contributed by atoms with Gasteiger partial charge in [0.25, 0.3) is 11.8 Å².